The molecule has 0 radical (unpaired) electrons. The number of rotatable bonds is 4. The molecule has 1 aliphatic heterocycles. The lowest BCUT2D eigenvalue weighted by Crippen LogP contribution is -2.27. The Morgan fingerprint density at radius 3 is 2.57 bits per heavy atom. The molecule has 3 aromatic rings. The molecule has 0 unspecified atom stereocenters. The van der Waals surface area contributed by atoms with E-state index in [-0.39, 0.29) is 32.9 Å². The Hall–Kier alpha value is -3.17. The van der Waals surface area contributed by atoms with Crippen molar-refractivity contribution >= 4 is 61.4 Å². The van der Waals surface area contributed by atoms with Crippen LogP contribution in [0.5, 0.6) is 5.75 Å². The number of thioether (sulfide) groups is 1. The minimum absolute atomic E-state index is 0.0762. The number of phenolic OH excluding ortho intramolecular Hbond substituents is 1. The number of imide groups is 1. The molecule has 0 saturated carbocycles. The van der Waals surface area contributed by atoms with Crippen LogP contribution in [0.1, 0.15) is 11.1 Å². The average Bonchev–Trinajstić information content (AvgIpc) is 2.98. The lowest BCUT2D eigenvalue weighted by Gasteiger charge is -2.13. The molecule has 3 aromatic carbocycles. The number of non-ortho nitro benzene ring substituents is 1. The van der Waals surface area contributed by atoms with Crippen LogP contribution >= 0.6 is 27.7 Å². The third-order valence-electron chi connectivity index (χ3n) is 4.60. The molecule has 9 heteroatoms. The number of nitro benzene ring substituents is 1. The van der Waals surface area contributed by atoms with Gasteiger partial charge in [0, 0.05) is 17.7 Å². The first-order valence-corrected chi connectivity index (χ1v) is 10.3. The fraction of sp³-hybridized carbons (Fsp3) is 0.0476. The minimum Gasteiger partial charge on any atom is -0.506 e. The summed E-state index contributed by atoms with van der Waals surface area (Å²) >= 11 is 3.80. The maximum Gasteiger partial charge on any atom is 0.293 e. The number of hydrogen-bond donors (Lipinski definition) is 1. The van der Waals surface area contributed by atoms with E-state index in [2.05, 4.69) is 15.9 Å². The molecule has 7 nitrogen and oxygen atoms in total. The van der Waals surface area contributed by atoms with Crippen molar-refractivity contribution in [2.24, 2.45) is 0 Å². The van der Waals surface area contributed by atoms with Crippen LogP contribution in [0.3, 0.4) is 0 Å². The van der Waals surface area contributed by atoms with Crippen molar-refractivity contribution in [2.45, 2.75) is 6.54 Å². The molecule has 0 aromatic heterocycles. The SMILES string of the molecule is O=C1S/C(=C\c2cc([N+](=O)[O-])cc(Br)c2O)C(=O)N1Cc1ccc2ccccc2c1. The van der Waals surface area contributed by atoms with Crippen molar-refractivity contribution in [2.75, 3.05) is 0 Å². The van der Waals surface area contributed by atoms with Crippen molar-refractivity contribution in [1.29, 1.82) is 0 Å². The number of carbonyl (C=O) groups excluding carboxylic acids is 2. The third-order valence-corrected chi connectivity index (χ3v) is 6.12. The molecule has 1 aliphatic rings. The zero-order valence-electron chi connectivity index (χ0n) is 15.2. The zero-order chi connectivity index (χ0) is 21.4. The van der Waals surface area contributed by atoms with Crippen LogP contribution < -0.4 is 0 Å². The van der Waals surface area contributed by atoms with Gasteiger partial charge in [-0.25, -0.2) is 0 Å². The van der Waals surface area contributed by atoms with E-state index in [0.717, 1.165) is 45.1 Å². The number of phenols is 1. The molecule has 150 valence electrons. The first-order chi connectivity index (χ1) is 14.3. The van der Waals surface area contributed by atoms with Gasteiger partial charge in [-0.2, -0.15) is 0 Å². The number of benzene rings is 3. The second-order valence-electron chi connectivity index (χ2n) is 6.57. The zero-order valence-corrected chi connectivity index (χ0v) is 17.6. The Morgan fingerprint density at radius 1 is 1.10 bits per heavy atom. The Balaban J connectivity index is 1.63. The number of amides is 2. The topological polar surface area (TPSA) is 101 Å². The Bertz CT molecular complexity index is 1260. The predicted molar refractivity (Wildman–Crippen MR) is 118 cm³/mol. The molecule has 30 heavy (non-hydrogen) atoms. The van der Waals surface area contributed by atoms with E-state index in [1.807, 2.05) is 42.5 Å². The largest absolute Gasteiger partial charge is 0.506 e. The number of hydrogen-bond acceptors (Lipinski definition) is 6. The molecular weight excluding hydrogens is 472 g/mol. The van der Waals surface area contributed by atoms with E-state index in [4.69, 9.17) is 0 Å². The summed E-state index contributed by atoms with van der Waals surface area (Å²) in [6.45, 7) is 0.109. The van der Waals surface area contributed by atoms with Gasteiger partial charge in [-0.3, -0.25) is 24.6 Å². The van der Waals surface area contributed by atoms with Crippen LogP contribution in [-0.2, 0) is 11.3 Å². The number of nitro groups is 1. The van der Waals surface area contributed by atoms with Gasteiger partial charge in [0.1, 0.15) is 5.75 Å². The highest BCUT2D eigenvalue weighted by atomic mass is 79.9. The third kappa shape index (κ3) is 3.81. The van der Waals surface area contributed by atoms with Crippen LogP contribution in [0.4, 0.5) is 10.5 Å². The first-order valence-electron chi connectivity index (χ1n) is 8.73. The van der Waals surface area contributed by atoms with Gasteiger partial charge >= 0.3 is 0 Å². The molecule has 2 amide bonds. The smallest absolute Gasteiger partial charge is 0.293 e. The molecule has 0 aliphatic carbocycles. The molecule has 1 saturated heterocycles. The van der Waals surface area contributed by atoms with Gasteiger partial charge < -0.3 is 5.11 Å². The summed E-state index contributed by atoms with van der Waals surface area (Å²) in [5.41, 5.74) is 0.631. The van der Waals surface area contributed by atoms with Crippen molar-refractivity contribution in [3.8, 4) is 5.75 Å². The van der Waals surface area contributed by atoms with E-state index in [1.54, 1.807) is 0 Å². The van der Waals surface area contributed by atoms with Crippen molar-refractivity contribution in [3.63, 3.8) is 0 Å². The van der Waals surface area contributed by atoms with E-state index >= 15 is 0 Å². The summed E-state index contributed by atoms with van der Waals surface area (Å²) in [5.74, 6) is -0.762. The van der Waals surface area contributed by atoms with Gasteiger partial charge in [-0.1, -0.05) is 36.4 Å². The van der Waals surface area contributed by atoms with Crippen molar-refractivity contribution in [3.05, 3.63) is 85.2 Å². The number of fused-ring (bicyclic) bond motifs is 1. The van der Waals surface area contributed by atoms with E-state index < -0.39 is 16.1 Å². The quantitative estimate of drug-likeness (QED) is 0.300. The van der Waals surface area contributed by atoms with Crippen LogP contribution in [0.25, 0.3) is 16.8 Å². The fourth-order valence-electron chi connectivity index (χ4n) is 3.12. The molecule has 1 heterocycles. The van der Waals surface area contributed by atoms with E-state index in [9.17, 15) is 24.8 Å². The Morgan fingerprint density at radius 2 is 1.83 bits per heavy atom. The molecule has 4 rings (SSSR count). The fourth-order valence-corrected chi connectivity index (χ4v) is 4.41. The summed E-state index contributed by atoms with van der Waals surface area (Å²) in [6, 6.07) is 15.8. The number of halogens is 1. The molecular formula is C21H13BrN2O5S. The summed E-state index contributed by atoms with van der Waals surface area (Å²) in [4.78, 5) is 36.9. The summed E-state index contributed by atoms with van der Waals surface area (Å²) in [5, 5.41) is 22.9. The highest BCUT2D eigenvalue weighted by molar-refractivity contribution is 9.10. The molecule has 0 bridgehead atoms. The maximum absolute atomic E-state index is 12.8. The van der Waals surface area contributed by atoms with Crippen molar-refractivity contribution in [1.82, 2.24) is 4.90 Å². The van der Waals surface area contributed by atoms with Gasteiger partial charge in [0.05, 0.1) is 20.8 Å². The highest BCUT2D eigenvalue weighted by Gasteiger charge is 2.35. The molecule has 0 atom stereocenters. The van der Waals surface area contributed by atoms with E-state index in [0.29, 0.717) is 0 Å². The van der Waals surface area contributed by atoms with Crippen LogP contribution in [0.15, 0.2) is 64.0 Å². The van der Waals surface area contributed by atoms with Gasteiger partial charge in [-0.05, 0) is 56.2 Å². The Labute approximate surface area is 183 Å². The second-order valence-corrected chi connectivity index (χ2v) is 8.42. The van der Waals surface area contributed by atoms with Gasteiger partial charge in [0.25, 0.3) is 16.8 Å². The minimum atomic E-state index is -0.604. The van der Waals surface area contributed by atoms with Crippen molar-refractivity contribution < 1.29 is 19.6 Å². The standard InChI is InChI=1S/C21H13BrN2O5S/c22-17-10-16(24(28)29)8-15(19(17)25)9-18-20(26)23(21(27)30-18)11-12-5-6-13-3-1-2-4-14(13)7-12/h1-10,25H,11H2/b18-9-. The van der Waals surface area contributed by atoms with Crippen LogP contribution in [0, 0.1) is 10.1 Å². The number of aromatic hydroxyl groups is 1. The molecule has 1 N–H and O–H groups in total. The van der Waals surface area contributed by atoms with Crippen LogP contribution in [-0.4, -0.2) is 26.1 Å². The lowest BCUT2D eigenvalue weighted by molar-refractivity contribution is -0.385. The summed E-state index contributed by atoms with van der Waals surface area (Å²) in [7, 11) is 0. The highest BCUT2D eigenvalue weighted by Crippen LogP contribution is 2.38. The summed E-state index contributed by atoms with van der Waals surface area (Å²) in [6.07, 6.45) is 1.29. The van der Waals surface area contributed by atoms with Gasteiger partial charge in [-0.15, -0.1) is 0 Å². The lowest BCUT2D eigenvalue weighted by atomic mass is 10.1. The van der Waals surface area contributed by atoms with Gasteiger partial charge in [0.15, 0.2) is 0 Å². The van der Waals surface area contributed by atoms with E-state index in [1.165, 1.54) is 6.08 Å². The second kappa shape index (κ2) is 7.92. The predicted octanol–water partition coefficient (Wildman–Crippen LogP) is 5.45. The average molecular weight is 485 g/mol. The number of nitrogens with zero attached hydrogens (tertiary/aromatic N) is 2. The van der Waals surface area contributed by atoms with Crippen LogP contribution in [0.2, 0.25) is 0 Å². The Kier molecular flexibility index (Phi) is 5.31. The monoisotopic (exact) mass is 484 g/mol. The summed E-state index contributed by atoms with van der Waals surface area (Å²) < 4.78 is 0.123. The molecule has 0 spiro atoms. The van der Waals surface area contributed by atoms with Gasteiger partial charge in [0.2, 0.25) is 0 Å². The first kappa shape index (κ1) is 20.1. The molecule has 1 fully saturated rings. The maximum atomic E-state index is 12.8. The number of carbonyl (C=O) groups is 2. The normalized spacial score (nSPS) is 15.4.